The van der Waals surface area contributed by atoms with Gasteiger partial charge in [-0.3, -0.25) is 0 Å². The van der Waals surface area contributed by atoms with E-state index in [0.717, 1.165) is 11.1 Å². The van der Waals surface area contributed by atoms with Crippen LogP contribution in [0.2, 0.25) is 0 Å². The quantitative estimate of drug-likeness (QED) is 0.864. The van der Waals surface area contributed by atoms with E-state index in [0.29, 0.717) is 19.6 Å². The number of ether oxygens (including phenoxy) is 1. The Morgan fingerprint density at radius 2 is 1.57 bits per heavy atom. The average Bonchev–Trinajstić information content (AvgIpc) is 2.70. The van der Waals surface area contributed by atoms with E-state index in [2.05, 4.69) is 0 Å². The minimum Gasteiger partial charge on any atom is -0.379 e. The number of rotatable bonds is 4. The van der Waals surface area contributed by atoms with Crippen molar-refractivity contribution < 1.29 is 13.2 Å². The normalized spacial score (nSPS) is 21.7. The second kappa shape index (κ2) is 7.25. The molecule has 0 bridgehead atoms. The van der Waals surface area contributed by atoms with Crippen molar-refractivity contribution in [2.24, 2.45) is 0 Å². The van der Waals surface area contributed by atoms with Crippen LogP contribution in [-0.2, 0) is 27.7 Å². The van der Waals surface area contributed by atoms with Crippen molar-refractivity contribution in [1.29, 1.82) is 0 Å². The summed E-state index contributed by atoms with van der Waals surface area (Å²) >= 11 is 0. The van der Waals surface area contributed by atoms with Crippen LogP contribution in [0.3, 0.4) is 0 Å². The molecule has 1 heterocycles. The van der Waals surface area contributed by atoms with Crippen molar-refractivity contribution in [2.75, 3.05) is 19.0 Å². The summed E-state index contributed by atoms with van der Waals surface area (Å²) in [5.41, 5.74) is 2.12. The number of benzene rings is 2. The third kappa shape index (κ3) is 4.19. The van der Waals surface area contributed by atoms with Crippen LogP contribution in [-0.4, -0.2) is 37.7 Å². The molecule has 1 aliphatic rings. The molecule has 2 aromatic rings. The third-order valence-electron chi connectivity index (χ3n) is 4.06. The summed E-state index contributed by atoms with van der Waals surface area (Å²) in [6.07, 6.45) is 0.660. The molecule has 0 radical (unpaired) electrons. The van der Waals surface area contributed by atoms with E-state index in [-0.39, 0.29) is 18.4 Å². The zero-order chi connectivity index (χ0) is 16.1. The zero-order valence-electron chi connectivity index (χ0n) is 13.0. The van der Waals surface area contributed by atoms with Crippen LogP contribution in [0.5, 0.6) is 0 Å². The Bertz CT molecular complexity index is 716. The second-order valence-electron chi connectivity index (χ2n) is 5.77. The van der Waals surface area contributed by atoms with Crippen molar-refractivity contribution in [3.8, 4) is 0 Å². The van der Waals surface area contributed by atoms with Crippen LogP contribution in [0, 0.1) is 0 Å². The van der Waals surface area contributed by atoms with Crippen molar-refractivity contribution in [3.63, 3.8) is 0 Å². The third-order valence-corrected chi connectivity index (χ3v) is 5.88. The monoisotopic (exact) mass is 331 g/mol. The molecule has 0 amide bonds. The SMILES string of the molecule is O=S1(=O)CCOC[C@H](Cc2ccccc2)N1Cc1ccccc1. The Balaban J connectivity index is 1.87. The molecule has 0 saturated carbocycles. The minimum absolute atomic E-state index is 0.0467. The molecule has 0 aromatic heterocycles. The van der Waals surface area contributed by atoms with Gasteiger partial charge < -0.3 is 4.74 Å². The summed E-state index contributed by atoms with van der Waals surface area (Å²) < 4.78 is 32.5. The van der Waals surface area contributed by atoms with Gasteiger partial charge in [0.15, 0.2) is 0 Å². The highest BCUT2D eigenvalue weighted by molar-refractivity contribution is 7.89. The van der Waals surface area contributed by atoms with Crippen LogP contribution < -0.4 is 0 Å². The van der Waals surface area contributed by atoms with Crippen LogP contribution in [0.25, 0.3) is 0 Å². The van der Waals surface area contributed by atoms with E-state index in [4.69, 9.17) is 4.74 Å². The molecule has 122 valence electrons. The summed E-state index contributed by atoms with van der Waals surface area (Å²) in [5.74, 6) is 0.0467. The average molecular weight is 331 g/mol. The first kappa shape index (κ1) is 16.2. The van der Waals surface area contributed by atoms with E-state index in [9.17, 15) is 8.42 Å². The first-order chi connectivity index (χ1) is 11.1. The van der Waals surface area contributed by atoms with Crippen LogP contribution in [0.1, 0.15) is 11.1 Å². The molecule has 0 N–H and O–H groups in total. The van der Waals surface area contributed by atoms with E-state index in [1.807, 2.05) is 60.7 Å². The van der Waals surface area contributed by atoms with E-state index >= 15 is 0 Å². The topological polar surface area (TPSA) is 46.6 Å². The lowest BCUT2D eigenvalue weighted by atomic mass is 10.1. The maximum atomic E-state index is 12.7. The van der Waals surface area contributed by atoms with Gasteiger partial charge in [0.2, 0.25) is 10.0 Å². The van der Waals surface area contributed by atoms with Crippen molar-refractivity contribution >= 4 is 10.0 Å². The molecule has 3 rings (SSSR count). The Morgan fingerprint density at radius 3 is 2.22 bits per heavy atom. The largest absolute Gasteiger partial charge is 0.379 e. The highest BCUT2D eigenvalue weighted by Crippen LogP contribution is 2.20. The summed E-state index contributed by atoms with van der Waals surface area (Å²) in [6.45, 7) is 1.09. The van der Waals surface area contributed by atoms with Gasteiger partial charge in [0.25, 0.3) is 0 Å². The van der Waals surface area contributed by atoms with Gasteiger partial charge >= 0.3 is 0 Å². The lowest BCUT2D eigenvalue weighted by Gasteiger charge is -2.28. The first-order valence-corrected chi connectivity index (χ1v) is 9.41. The molecule has 4 nitrogen and oxygen atoms in total. The van der Waals surface area contributed by atoms with Crippen molar-refractivity contribution in [3.05, 3.63) is 71.8 Å². The molecule has 0 spiro atoms. The Hall–Kier alpha value is -1.69. The van der Waals surface area contributed by atoms with Gasteiger partial charge in [-0.15, -0.1) is 0 Å². The number of nitrogens with zero attached hydrogens (tertiary/aromatic N) is 1. The Kier molecular flexibility index (Phi) is 5.10. The smallest absolute Gasteiger partial charge is 0.217 e. The fraction of sp³-hybridized carbons (Fsp3) is 0.333. The first-order valence-electron chi connectivity index (χ1n) is 7.80. The maximum absolute atomic E-state index is 12.7. The van der Waals surface area contributed by atoms with Crippen LogP contribution >= 0.6 is 0 Å². The highest BCUT2D eigenvalue weighted by atomic mass is 32.2. The predicted molar refractivity (Wildman–Crippen MR) is 90.5 cm³/mol. The molecule has 5 heteroatoms. The molecule has 1 atom stereocenters. The lowest BCUT2D eigenvalue weighted by Crippen LogP contribution is -2.42. The van der Waals surface area contributed by atoms with Gasteiger partial charge in [0.1, 0.15) is 0 Å². The summed E-state index contributed by atoms with van der Waals surface area (Å²) in [7, 11) is -3.32. The molecule has 0 unspecified atom stereocenters. The molecular formula is C18H21NO3S. The molecule has 1 fully saturated rings. The van der Waals surface area contributed by atoms with Gasteiger partial charge in [-0.05, 0) is 17.5 Å². The summed E-state index contributed by atoms with van der Waals surface area (Å²) in [4.78, 5) is 0. The summed E-state index contributed by atoms with van der Waals surface area (Å²) in [5, 5.41) is 0. The Morgan fingerprint density at radius 1 is 0.957 bits per heavy atom. The minimum atomic E-state index is -3.32. The van der Waals surface area contributed by atoms with Crippen molar-refractivity contribution in [1.82, 2.24) is 4.31 Å². The molecular weight excluding hydrogens is 310 g/mol. The Labute approximate surface area is 137 Å². The van der Waals surface area contributed by atoms with Crippen LogP contribution in [0.15, 0.2) is 60.7 Å². The van der Waals surface area contributed by atoms with E-state index in [1.54, 1.807) is 4.31 Å². The fourth-order valence-corrected chi connectivity index (χ4v) is 4.35. The van der Waals surface area contributed by atoms with E-state index < -0.39 is 10.0 Å². The molecule has 23 heavy (non-hydrogen) atoms. The second-order valence-corrected chi connectivity index (χ2v) is 7.81. The van der Waals surface area contributed by atoms with E-state index in [1.165, 1.54) is 0 Å². The molecule has 2 aromatic carbocycles. The molecule has 1 saturated heterocycles. The highest BCUT2D eigenvalue weighted by Gasteiger charge is 2.32. The van der Waals surface area contributed by atoms with Gasteiger partial charge in [-0.2, -0.15) is 4.31 Å². The van der Waals surface area contributed by atoms with Gasteiger partial charge in [0.05, 0.1) is 25.0 Å². The van der Waals surface area contributed by atoms with Gasteiger partial charge in [0, 0.05) is 6.54 Å². The number of sulfonamides is 1. The molecule has 1 aliphatic heterocycles. The lowest BCUT2D eigenvalue weighted by molar-refractivity contribution is 0.109. The van der Waals surface area contributed by atoms with Gasteiger partial charge in [-0.25, -0.2) is 8.42 Å². The fourth-order valence-electron chi connectivity index (χ4n) is 2.85. The van der Waals surface area contributed by atoms with Crippen molar-refractivity contribution in [2.45, 2.75) is 19.0 Å². The predicted octanol–water partition coefficient (Wildman–Crippen LogP) is 2.46. The number of hydrogen-bond acceptors (Lipinski definition) is 3. The maximum Gasteiger partial charge on any atom is 0.217 e. The zero-order valence-corrected chi connectivity index (χ0v) is 13.8. The summed E-state index contributed by atoms with van der Waals surface area (Å²) in [6, 6.07) is 19.5. The number of hydrogen-bond donors (Lipinski definition) is 0. The van der Waals surface area contributed by atoms with Crippen LogP contribution in [0.4, 0.5) is 0 Å². The molecule has 0 aliphatic carbocycles. The standard InChI is InChI=1S/C18H21NO3S/c20-23(21)12-11-22-15-18(13-16-7-3-1-4-8-16)19(23)14-17-9-5-2-6-10-17/h1-10,18H,11-15H2/t18-/m0/s1. The van der Waals surface area contributed by atoms with Gasteiger partial charge in [-0.1, -0.05) is 60.7 Å².